The van der Waals surface area contributed by atoms with Crippen molar-refractivity contribution in [3.05, 3.63) is 71.6 Å². The molecule has 0 fully saturated rings. The van der Waals surface area contributed by atoms with Gasteiger partial charge in [0, 0.05) is 19.2 Å². The zero-order valence-corrected chi connectivity index (χ0v) is 13.2. The molecule has 1 heterocycles. The monoisotopic (exact) mass is 308 g/mol. The third-order valence-electron chi connectivity index (χ3n) is 4.12. The van der Waals surface area contributed by atoms with Gasteiger partial charge in [0.2, 0.25) is 0 Å². The molecule has 0 aromatic heterocycles. The topological polar surface area (TPSA) is 32.3 Å². The fourth-order valence-corrected chi connectivity index (χ4v) is 2.94. The Kier molecular flexibility index (Phi) is 4.19. The molecule has 2 amide bonds. The maximum atomic E-state index is 14.2. The van der Waals surface area contributed by atoms with Crippen LogP contribution in [0.3, 0.4) is 0 Å². The van der Waals surface area contributed by atoms with Gasteiger partial charge in [-0.15, -0.1) is 0 Å². The Bertz CT molecular complexity index is 761. The number of halogens is 1. The second-order valence-corrected chi connectivity index (χ2v) is 5.71. The Morgan fingerprint density at radius 1 is 1.26 bits per heavy atom. The summed E-state index contributed by atoms with van der Waals surface area (Å²) in [6.45, 7) is 0.388. The van der Waals surface area contributed by atoms with Gasteiger partial charge in [-0.25, -0.2) is 9.18 Å². The number of urea groups is 1. The van der Waals surface area contributed by atoms with Gasteiger partial charge < -0.3 is 10.2 Å². The lowest BCUT2D eigenvalue weighted by Gasteiger charge is -2.24. The van der Waals surface area contributed by atoms with Crippen LogP contribution in [-0.4, -0.2) is 32.4 Å². The molecule has 2 aromatic carbocycles. The predicted octanol–water partition coefficient (Wildman–Crippen LogP) is 1.86. The van der Waals surface area contributed by atoms with Gasteiger partial charge in [-0.2, -0.15) is 0 Å². The number of hydrogen-bond acceptors (Lipinski definition) is 1. The van der Waals surface area contributed by atoms with Crippen LogP contribution in [0.4, 0.5) is 9.18 Å². The van der Waals surface area contributed by atoms with Crippen molar-refractivity contribution >= 4 is 24.9 Å². The molecule has 2 aromatic rings. The number of carbonyl (C=O) groups excluding carboxylic acids is 1. The van der Waals surface area contributed by atoms with Gasteiger partial charge in [-0.1, -0.05) is 54.0 Å². The van der Waals surface area contributed by atoms with Crippen LogP contribution in [0.15, 0.2) is 54.6 Å². The number of nitrogens with zero attached hydrogens (tertiary/aromatic N) is 1. The molecule has 0 aliphatic carbocycles. The van der Waals surface area contributed by atoms with E-state index >= 15 is 0 Å². The second kappa shape index (κ2) is 6.28. The molecule has 1 N–H and O–H groups in total. The molecule has 5 heteroatoms. The molecular formula is C18H18BFN2O. The van der Waals surface area contributed by atoms with E-state index in [2.05, 4.69) is 5.32 Å². The summed E-state index contributed by atoms with van der Waals surface area (Å²) in [5.74, 6) is -0.257. The maximum Gasteiger partial charge on any atom is 0.318 e. The summed E-state index contributed by atoms with van der Waals surface area (Å²) in [4.78, 5) is 13.9. The van der Waals surface area contributed by atoms with Crippen LogP contribution in [0.2, 0.25) is 0 Å². The summed E-state index contributed by atoms with van der Waals surface area (Å²) in [6, 6.07) is 14.5. The Hall–Kier alpha value is -2.56. The molecule has 1 aliphatic heterocycles. The van der Waals surface area contributed by atoms with Crippen molar-refractivity contribution in [2.24, 2.45) is 0 Å². The first kappa shape index (κ1) is 15.3. The minimum Gasteiger partial charge on any atom is -0.341 e. The van der Waals surface area contributed by atoms with Gasteiger partial charge in [0.25, 0.3) is 0 Å². The summed E-state index contributed by atoms with van der Waals surface area (Å²) < 4.78 is 14.2. The molecule has 3 rings (SSSR count). The van der Waals surface area contributed by atoms with Gasteiger partial charge in [0.1, 0.15) is 13.7 Å². The molecule has 1 atom stereocenters. The number of hydrogen-bond donors (Lipinski definition) is 1. The zero-order valence-electron chi connectivity index (χ0n) is 13.2. The molecule has 1 unspecified atom stereocenters. The number of benzene rings is 2. The highest BCUT2D eigenvalue weighted by Crippen LogP contribution is 2.35. The lowest BCUT2D eigenvalue weighted by atomic mass is 9.92. The summed E-state index contributed by atoms with van der Waals surface area (Å²) in [5, 5.41) is 2.66. The highest BCUT2D eigenvalue weighted by Gasteiger charge is 2.30. The predicted molar refractivity (Wildman–Crippen MR) is 92.9 cm³/mol. The summed E-state index contributed by atoms with van der Waals surface area (Å²) >= 11 is 0. The average molecular weight is 308 g/mol. The molecule has 0 radical (unpaired) electrons. The van der Waals surface area contributed by atoms with E-state index in [1.807, 2.05) is 50.3 Å². The minimum absolute atomic E-state index is 0.168. The standard InChI is InChI=1S/C18H18BFN2O/c1-21-18(23)22-11-13(15-10-14(19)7-8-16(15)20)9-17(22)12-5-3-2-4-6-12/h2-10,17H,11,19H2,1H3,(H,21,23). The molecule has 3 nitrogen and oxygen atoms in total. The summed E-state index contributed by atoms with van der Waals surface area (Å²) in [6.07, 6.45) is 1.97. The minimum atomic E-state index is -0.257. The van der Waals surface area contributed by atoms with Crippen molar-refractivity contribution in [2.45, 2.75) is 6.04 Å². The van der Waals surface area contributed by atoms with E-state index in [1.165, 1.54) is 6.07 Å². The van der Waals surface area contributed by atoms with E-state index in [9.17, 15) is 9.18 Å². The van der Waals surface area contributed by atoms with E-state index in [0.717, 1.165) is 16.6 Å². The second-order valence-electron chi connectivity index (χ2n) is 5.71. The number of carbonyl (C=O) groups is 1. The van der Waals surface area contributed by atoms with Crippen molar-refractivity contribution in [3.63, 3.8) is 0 Å². The number of nitrogens with one attached hydrogen (secondary N) is 1. The van der Waals surface area contributed by atoms with Crippen LogP contribution < -0.4 is 10.8 Å². The molecule has 1 aliphatic rings. The van der Waals surface area contributed by atoms with Crippen molar-refractivity contribution in [1.29, 1.82) is 0 Å². The van der Waals surface area contributed by atoms with Crippen LogP contribution in [-0.2, 0) is 0 Å². The smallest absolute Gasteiger partial charge is 0.318 e. The van der Waals surface area contributed by atoms with E-state index in [0.29, 0.717) is 12.1 Å². The van der Waals surface area contributed by atoms with E-state index in [-0.39, 0.29) is 17.9 Å². The third-order valence-corrected chi connectivity index (χ3v) is 4.12. The zero-order chi connectivity index (χ0) is 16.4. The Morgan fingerprint density at radius 3 is 2.70 bits per heavy atom. The van der Waals surface area contributed by atoms with E-state index in [4.69, 9.17) is 0 Å². The fraction of sp³-hybridized carbons (Fsp3) is 0.167. The highest BCUT2D eigenvalue weighted by atomic mass is 19.1. The molecular weight excluding hydrogens is 290 g/mol. The van der Waals surface area contributed by atoms with Crippen LogP contribution in [0.1, 0.15) is 17.2 Å². The molecule has 116 valence electrons. The Labute approximate surface area is 136 Å². The summed E-state index contributed by atoms with van der Waals surface area (Å²) in [5.41, 5.74) is 3.41. The fourth-order valence-electron chi connectivity index (χ4n) is 2.94. The van der Waals surface area contributed by atoms with Gasteiger partial charge in [0.15, 0.2) is 0 Å². The molecule has 0 saturated heterocycles. The average Bonchev–Trinajstić information content (AvgIpc) is 3.02. The highest BCUT2D eigenvalue weighted by molar-refractivity contribution is 6.32. The maximum absolute atomic E-state index is 14.2. The van der Waals surface area contributed by atoms with E-state index in [1.54, 1.807) is 18.0 Å². The van der Waals surface area contributed by atoms with Crippen molar-refractivity contribution < 1.29 is 9.18 Å². The van der Waals surface area contributed by atoms with Crippen LogP contribution in [0, 0.1) is 5.82 Å². The molecule has 0 saturated carbocycles. The van der Waals surface area contributed by atoms with Crippen molar-refractivity contribution in [2.75, 3.05) is 13.6 Å². The van der Waals surface area contributed by atoms with Gasteiger partial charge in [0.05, 0.1) is 6.04 Å². The largest absolute Gasteiger partial charge is 0.341 e. The summed E-state index contributed by atoms with van der Waals surface area (Å²) in [7, 11) is 3.54. The van der Waals surface area contributed by atoms with Gasteiger partial charge in [-0.05, 0) is 17.2 Å². The van der Waals surface area contributed by atoms with Crippen LogP contribution in [0.25, 0.3) is 5.57 Å². The lowest BCUT2D eigenvalue weighted by Crippen LogP contribution is -2.38. The van der Waals surface area contributed by atoms with Crippen molar-refractivity contribution in [3.8, 4) is 0 Å². The lowest BCUT2D eigenvalue weighted by molar-refractivity contribution is 0.200. The molecule has 23 heavy (non-hydrogen) atoms. The Morgan fingerprint density at radius 2 is 2.00 bits per heavy atom. The van der Waals surface area contributed by atoms with E-state index < -0.39 is 0 Å². The Balaban J connectivity index is 2.03. The molecule has 0 spiro atoms. The SMILES string of the molecule is Bc1ccc(F)c(C2=CC(c3ccccc3)N(C(=O)NC)C2)c1. The molecule has 0 bridgehead atoms. The van der Waals surface area contributed by atoms with Crippen molar-refractivity contribution in [1.82, 2.24) is 10.2 Å². The number of rotatable bonds is 2. The quantitative estimate of drug-likeness (QED) is 0.844. The van der Waals surface area contributed by atoms with Crippen LogP contribution in [0.5, 0.6) is 0 Å². The third kappa shape index (κ3) is 3.00. The number of amides is 2. The first-order valence-corrected chi connectivity index (χ1v) is 7.60. The first-order chi connectivity index (χ1) is 11.1. The van der Waals surface area contributed by atoms with Crippen LogP contribution >= 0.6 is 0 Å². The normalized spacial score (nSPS) is 17.0. The van der Waals surface area contributed by atoms with Gasteiger partial charge >= 0.3 is 6.03 Å². The van der Waals surface area contributed by atoms with Gasteiger partial charge in [-0.3, -0.25) is 0 Å². The first-order valence-electron chi connectivity index (χ1n) is 7.60.